The average Bonchev–Trinajstić information content (AvgIpc) is 2.05. The quantitative estimate of drug-likeness (QED) is 0.327. The normalized spacial score (nSPS) is 12.0. The van der Waals surface area contributed by atoms with Gasteiger partial charge in [0.1, 0.15) is 0 Å². The van der Waals surface area contributed by atoms with E-state index in [4.69, 9.17) is 4.74 Å². The van der Waals surface area contributed by atoms with Crippen molar-refractivity contribution < 1.29 is 9.22 Å². The molecule has 0 heterocycles. The summed E-state index contributed by atoms with van der Waals surface area (Å²) in [6, 6.07) is 0. The molecule has 0 aliphatic rings. The van der Waals surface area contributed by atoms with Gasteiger partial charge in [-0.3, -0.25) is 0 Å². The fraction of sp³-hybridized carbons (Fsp3) is 1.00. The van der Waals surface area contributed by atoms with E-state index in [-0.39, 0.29) is 0 Å². The standard InChI is InChI=1S/C9H22NO/c1-5-8-11-9-10(4,6-2)7-3/h5-9H2,1-4H3/q+1. The Bertz CT molecular complexity index is 89.6. The minimum atomic E-state index is 0.862. The molecule has 0 saturated carbocycles. The van der Waals surface area contributed by atoms with Crippen LogP contribution in [0.2, 0.25) is 0 Å². The van der Waals surface area contributed by atoms with E-state index in [9.17, 15) is 0 Å². The van der Waals surface area contributed by atoms with Gasteiger partial charge in [0.15, 0.2) is 6.73 Å². The highest BCUT2D eigenvalue weighted by atomic mass is 16.5. The molecule has 0 unspecified atom stereocenters. The molecule has 2 heteroatoms. The fourth-order valence-corrected chi connectivity index (χ4v) is 0.835. The van der Waals surface area contributed by atoms with E-state index in [2.05, 4.69) is 27.8 Å². The highest BCUT2D eigenvalue weighted by Gasteiger charge is 2.15. The summed E-state index contributed by atoms with van der Waals surface area (Å²) in [6.45, 7) is 10.6. The molecule has 0 saturated heterocycles. The van der Waals surface area contributed by atoms with Crippen molar-refractivity contribution in [3.05, 3.63) is 0 Å². The van der Waals surface area contributed by atoms with E-state index in [0.29, 0.717) is 0 Å². The van der Waals surface area contributed by atoms with Gasteiger partial charge in [-0.2, -0.15) is 0 Å². The van der Waals surface area contributed by atoms with Crippen molar-refractivity contribution in [2.45, 2.75) is 27.2 Å². The summed E-state index contributed by atoms with van der Waals surface area (Å²) >= 11 is 0. The van der Waals surface area contributed by atoms with Crippen LogP contribution >= 0.6 is 0 Å². The van der Waals surface area contributed by atoms with Gasteiger partial charge < -0.3 is 9.22 Å². The van der Waals surface area contributed by atoms with E-state index in [0.717, 1.165) is 37.3 Å². The number of hydrogen-bond donors (Lipinski definition) is 0. The Kier molecular flexibility index (Phi) is 5.51. The Hall–Kier alpha value is -0.0800. The molecule has 0 rings (SSSR count). The van der Waals surface area contributed by atoms with Crippen molar-refractivity contribution in [1.82, 2.24) is 0 Å². The maximum absolute atomic E-state index is 5.50. The Labute approximate surface area is 70.7 Å². The Morgan fingerprint density at radius 3 is 2.00 bits per heavy atom. The van der Waals surface area contributed by atoms with Crippen molar-refractivity contribution in [3.8, 4) is 0 Å². The second-order valence-electron chi connectivity index (χ2n) is 3.29. The topological polar surface area (TPSA) is 9.23 Å². The van der Waals surface area contributed by atoms with Gasteiger partial charge in [0, 0.05) is 0 Å². The maximum atomic E-state index is 5.50. The largest absolute Gasteiger partial charge is 0.332 e. The number of hydrogen-bond acceptors (Lipinski definition) is 1. The summed E-state index contributed by atoms with van der Waals surface area (Å²) in [5.41, 5.74) is 0. The molecule has 0 aromatic carbocycles. The molecule has 2 nitrogen and oxygen atoms in total. The lowest BCUT2D eigenvalue weighted by molar-refractivity contribution is -0.924. The van der Waals surface area contributed by atoms with E-state index in [1.807, 2.05) is 0 Å². The minimum Gasteiger partial charge on any atom is -0.332 e. The van der Waals surface area contributed by atoms with Gasteiger partial charge in [-0.15, -0.1) is 0 Å². The number of nitrogens with zero attached hydrogens (tertiary/aromatic N) is 1. The third-order valence-corrected chi connectivity index (χ3v) is 2.28. The van der Waals surface area contributed by atoms with E-state index < -0.39 is 0 Å². The number of quaternary nitrogens is 1. The first-order valence-electron chi connectivity index (χ1n) is 4.59. The molecule has 0 aliphatic heterocycles. The van der Waals surface area contributed by atoms with Crippen molar-refractivity contribution in [3.63, 3.8) is 0 Å². The van der Waals surface area contributed by atoms with Gasteiger partial charge in [0.2, 0.25) is 0 Å². The van der Waals surface area contributed by atoms with Crippen LogP contribution in [0.5, 0.6) is 0 Å². The zero-order valence-corrected chi connectivity index (χ0v) is 8.39. The van der Waals surface area contributed by atoms with E-state index in [1.165, 1.54) is 0 Å². The smallest absolute Gasteiger partial charge is 0.182 e. The monoisotopic (exact) mass is 160 g/mol. The molecule has 0 bridgehead atoms. The molecule has 0 atom stereocenters. The summed E-state index contributed by atoms with van der Waals surface area (Å²) in [6.07, 6.45) is 1.12. The van der Waals surface area contributed by atoms with Crippen LogP contribution in [0.1, 0.15) is 27.2 Å². The van der Waals surface area contributed by atoms with Crippen LogP contribution in [0.25, 0.3) is 0 Å². The van der Waals surface area contributed by atoms with Gasteiger partial charge in [-0.1, -0.05) is 6.92 Å². The van der Waals surface area contributed by atoms with Crippen molar-refractivity contribution in [1.29, 1.82) is 0 Å². The van der Waals surface area contributed by atoms with Crippen LogP contribution < -0.4 is 0 Å². The highest BCUT2D eigenvalue weighted by molar-refractivity contribution is 4.26. The summed E-state index contributed by atoms with van der Waals surface area (Å²) in [5, 5.41) is 0. The number of rotatable bonds is 6. The van der Waals surface area contributed by atoms with Gasteiger partial charge in [0.05, 0.1) is 26.7 Å². The van der Waals surface area contributed by atoms with Gasteiger partial charge in [-0.05, 0) is 20.3 Å². The molecule has 0 N–H and O–H groups in total. The maximum Gasteiger partial charge on any atom is 0.182 e. The molecular weight excluding hydrogens is 138 g/mol. The molecule has 68 valence electrons. The van der Waals surface area contributed by atoms with Crippen LogP contribution in [0, 0.1) is 0 Å². The number of ether oxygens (including phenoxy) is 1. The predicted octanol–water partition coefficient (Wildman–Crippen LogP) is 1.86. The van der Waals surface area contributed by atoms with Crippen LogP contribution in [0.4, 0.5) is 0 Å². The first kappa shape index (κ1) is 10.9. The summed E-state index contributed by atoms with van der Waals surface area (Å²) < 4.78 is 6.53. The first-order valence-corrected chi connectivity index (χ1v) is 4.59. The molecule has 0 aliphatic carbocycles. The first-order chi connectivity index (χ1) is 5.18. The van der Waals surface area contributed by atoms with Crippen molar-refractivity contribution >= 4 is 0 Å². The minimum absolute atomic E-state index is 0.862. The van der Waals surface area contributed by atoms with Crippen LogP contribution in [-0.2, 0) is 4.74 Å². The van der Waals surface area contributed by atoms with Crippen molar-refractivity contribution in [2.75, 3.05) is 33.5 Å². The summed E-state index contributed by atoms with van der Waals surface area (Å²) in [4.78, 5) is 0. The van der Waals surface area contributed by atoms with E-state index in [1.54, 1.807) is 0 Å². The zero-order valence-electron chi connectivity index (χ0n) is 8.39. The van der Waals surface area contributed by atoms with Crippen LogP contribution in [-0.4, -0.2) is 38.0 Å². The third kappa shape index (κ3) is 4.38. The lowest BCUT2D eigenvalue weighted by Gasteiger charge is -2.31. The highest BCUT2D eigenvalue weighted by Crippen LogP contribution is 2.00. The Morgan fingerprint density at radius 2 is 1.64 bits per heavy atom. The second kappa shape index (κ2) is 5.56. The molecule has 0 amide bonds. The molecular formula is C9H22NO+. The molecule has 11 heavy (non-hydrogen) atoms. The zero-order chi connectivity index (χ0) is 8.74. The van der Waals surface area contributed by atoms with Gasteiger partial charge in [0.25, 0.3) is 0 Å². The lowest BCUT2D eigenvalue weighted by Crippen LogP contribution is -2.45. The summed E-state index contributed by atoms with van der Waals surface area (Å²) in [7, 11) is 2.23. The Balaban J connectivity index is 3.51. The van der Waals surface area contributed by atoms with Gasteiger partial charge >= 0.3 is 0 Å². The van der Waals surface area contributed by atoms with Crippen molar-refractivity contribution in [2.24, 2.45) is 0 Å². The average molecular weight is 160 g/mol. The molecule has 0 radical (unpaired) electrons. The molecule has 0 spiro atoms. The Morgan fingerprint density at radius 1 is 1.09 bits per heavy atom. The predicted molar refractivity (Wildman–Crippen MR) is 48.4 cm³/mol. The van der Waals surface area contributed by atoms with Crippen LogP contribution in [0.15, 0.2) is 0 Å². The third-order valence-electron chi connectivity index (χ3n) is 2.28. The summed E-state index contributed by atoms with van der Waals surface area (Å²) in [5.74, 6) is 0. The van der Waals surface area contributed by atoms with Gasteiger partial charge in [-0.25, -0.2) is 0 Å². The lowest BCUT2D eigenvalue weighted by atomic mass is 10.4. The fourth-order valence-electron chi connectivity index (χ4n) is 0.835. The molecule has 0 aromatic rings. The molecule has 0 fully saturated rings. The van der Waals surface area contributed by atoms with E-state index >= 15 is 0 Å². The SMILES string of the molecule is CCCOC[N+](C)(CC)CC. The van der Waals surface area contributed by atoms with Crippen LogP contribution in [0.3, 0.4) is 0 Å². The second-order valence-corrected chi connectivity index (χ2v) is 3.29. The molecule has 0 aromatic heterocycles.